The van der Waals surface area contributed by atoms with Gasteiger partial charge in [-0.15, -0.1) is 0 Å². The van der Waals surface area contributed by atoms with Crippen molar-refractivity contribution in [1.29, 1.82) is 0 Å². The lowest BCUT2D eigenvalue weighted by Crippen LogP contribution is -2.44. The van der Waals surface area contributed by atoms with E-state index in [4.69, 9.17) is 10.5 Å². The minimum absolute atomic E-state index is 0.363. The molecule has 3 rings (SSSR count). The van der Waals surface area contributed by atoms with Gasteiger partial charge in [-0.25, -0.2) is 4.79 Å². The lowest BCUT2D eigenvalue weighted by molar-refractivity contribution is -0.122. The Hall–Kier alpha value is -3.02. The van der Waals surface area contributed by atoms with Crippen LogP contribution in [0.15, 0.2) is 54.6 Å². The molecule has 2 aromatic rings. The maximum Gasteiger partial charge on any atom is 0.408 e. The molecular weight excluding hydrogens is 320 g/mol. The first kappa shape index (κ1) is 16.8. The first-order valence-corrected chi connectivity index (χ1v) is 8.13. The Morgan fingerprint density at radius 2 is 1.76 bits per heavy atom. The zero-order valence-electron chi connectivity index (χ0n) is 13.7. The van der Waals surface area contributed by atoms with Gasteiger partial charge < -0.3 is 15.6 Å². The molecule has 1 fully saturated rings. The molecule has 0 unspecified atom stereocenters. The fourth-order valence-electron chi connectivity index (χ4n) is 3.21. The van der Waals surface area contributed by atoms with Crippen LogP contribution in [0.4, 0.5) is 4.79 Å². The molecule has 1 aliphatic rings. The third-order valence-corrected chi connectivity index (χ3v) is 4.45. The van der Waals surface area contributed by atoms with Gasteiger partial charge in [0, 0.05) is 0 Å². The maximum atomic E-state index is 11.5. The van der Waals surface area contributed by atoms with E-state index >= 15 is 0 Å². The number of carboxylic acid groups (broad SMARTS) is 1. The molecule has 3 N–H and O–H groups in total. The summed E-state index contributed by atoms with van der Waals surface area (Å²) in [4.78, 5) is 24.1. The molecule has 2 atom stereocenters. The molecule has 1 heterocycles. The minimum atomic E-state index is -1.13. The SMILES string of the molecule is NC(=O)[C@@H]1CC[C@@H](c2ccc(OCc3ccccc3)cc2)N1C(=O)O. The molecule has 0 saturated carbocycles. The summed E-state index contributed by atoms with van der Waals surface area (Å²) in [6.07, 6.45) is -0.112. The van der Waals surface area contributed by atoms with Crippen LogP contribution in [0.25, 0.3) is 0 Å². The molecule has 0 aliphatic carbocycles. The zero-order chi connectivity index (χ0) is 17.8. The number of carbonyl (C=O) groups is 2. The number of carbonyl (C=O) groups excluding carboxylic acids is 1. The predicted molar refractivity (Wildman–Crippen MR) is 92.0 cm³/mol. The van der Waals surface area contributed by atoms with Crippen molar-refractivity contribution in [1.82, 2.24) is 4.90 Å². The second-order valence-electron chi connectivity index (χ2n) is 6.04. The molecule has 0 radical (unpaired) electrons. The summed E-state index contributed by atoms with van der Waals surface area (Å²) in [7, 11) is 0. The van der Waals surface area contributed by atoms with Crippen LogP contribution in [0.2, 0.25) is 0 Å². The topological polar surface area (TPSA) is 92.9 Å². The van der Waals surface area contributed by atoms with E-state index < -0.39 is 18.0 Å². The number of nitrogens with zero attached hydrogens (tertiary/aromatic N) is 1. The Morgan fingerprint density at radius 3 is 2.36 bits per heavy atom. The fourth-order valence-corrected chi connectivity index (χ4v) is 3.21. The van der Waals surface area contributed by atoms with E-state index in [1.807, 2.05) is 54.6 Å². The van der Waals surface area contributed by atoms with E-state index in [2.05, 4.69) is 0 Å². The number of ether oxygens (including phenoxy) is 1. The average molecular weight is 340 g/mol. The van der Waals surface area contributed by atoms with Gasteiger partial charge in [-0.1, -0.05) is 42.5 Å². The van der Waals surface area contributed by atoms with Gasteiger partial charge in [0.2, 0.25) is 5.91 Å². The molecule has 0 spiro atoms. The monoisotopic (exact) mass is 340 g/mol. The summed E-state index contributed by atoms with van der Waals surface area (Å²) in [6, 6.07) is 16.0. The van der Waals surface area contributed by atoms with Crippen molar-refractivity contribution in [2.75, 3.05) is 0 Å². The molecule has 0 aromatic heterocycles. The summed E-state index contributed by atoms with van der Waals surface area (Å²) in [5.41, 5.74) is 7.23. The quantitative estimate of drug-likeness (QED) is 0.875. The number of hydrogen-bond acceptors (Lipinski definition) is 3. The molecule has 2 amide bonds. The van der Waals surface area contributed by atoms with Gasteiger partial charge in [0.1, 0.15) is 18.4 Å². The van der Waals surface area contributed by atoms with Crippen molar-refractivity contribution in [3.8, 4) is 5.75 Å². The summed E-state index contributed by atoms with van der Waals surface area (Å²) in [6.45, 7) is 0.467. The third-order valence-electron chi connectivity index (χ3n) is 4.45. The highest BCUT2D eigenvalue weighted by Crippen LogP contribution is 2.36. The Labute approximate surface area is 145 Å². The van der Waals surface area contributed by atoms with E-state index in [0.717, 1.165) is 16.0 Å². The second-order valence-corrected chi connectivity index (χ2v) is 6.04. The van der Waals surface area contributed by atoms with Gasteiger partial charge in [0.25, 0.3) is 0 Å². The van der Waals surface area contributed by atoms with Gasteiger partial charge in [-0.3, -0.25) is 9.69 Å². The van der Waals surface area contributed by atoms with Crippen LogP contribution in [-0.4, -0.2) is 28.0 Å². The molecule has 0 bridgehead atoms. The number of benzene rings is 2. The highest BCUT2D eigenvalue weighted by molar-refractivity contribution is 5.84. The second kappa shape index (κ2) is 7.25. The van der Waals surface area contributed by atoms with E-state index in [-0.39, 0.29) is 6.04 Å². The normalized spacial score (nSPS) is 19.6. The van der Waals surface area contributed by atoms with Gasteiger partial charge in [0.15, 0.2) is 0 Å². The van der Waals surface area contributed by atoms with Crippen molar-refractivity contribution >= 4 is 12.0 Å². The van der Waals surface area contributed by atoms with Crippen LogP contribution in [0, 0.1) is 0 Å². The molecule has 1 saturated heterocycles. The van der Waals surface area contributed by atoms with Gasteiger partial charge in [0.05, 0.1) is 6.04 Å². The summed E-state index contributed by atoms with van der Waals surface area (Å²) in [5.74, 6) is 0.103. The number of primary amides is 1. The van der Waals surface area contributed by atoms with Crippen molar-refractivity contribution < 1.29 is 19.4 Å². The van der Waals surface area contributed by atoms with Crippen molar-refractivity contribution in [3.05, 3.63) is 65.7 Å². The van der Waals surface area contributed by atoms with Crippen LogP contribution < -0.4 is 10.5 Å². The van der Waals surface area contributed by atoms with Crippen molar-refractivity contribution in [3.63, 3.8) is 0 Å². The predicted octanol–water partition coefficient (Wildman–Crippen LogP) is 2.93. The summed E-state index contributed by atoms with van der Waals surface area (Å²) >= 11 is 0. The van der Waals surface area contributed by atoms with Crippen molar-refractivity contribution in [2.45, 2.75) is 31.5 Å². The van der Waals surface area contributed by atoms with Crippen LogP contribution in [0.3, 0.4) is 0 Å². The lowest BCUT2D eigenvalue weighted by atomic mass is 10.0. The minimum Gasteiger partial charge on any atom is -0.489 e. The van der Waals surface area contributed by atoms with Crippen LogP contribution >= 0.6 is 0 Å². The summed E-state index contributed by atoms with van der Waals surface area (Å²) < 4.78 is 5.74. The first-order valence-electron chi connectivity index (χ1n) is 8.13. The fraction of sp³-hybridized carbons (Fsp3) is 0.263. The number of nitrogens with two attached hydrogens (primary N) is 1. The van der Waals surface area contributed by atoms with Crippen molar-refractivity contribution in [2.24, 2.45) is 5.73 Å². The number of rotatable bonds is 5. The number of hydrogen-bond donors (Lipinski definition) is 2. The average Bonchev–Trinajstić information content (AvgIpc) is 3.07. The van der Waals surface area contributed by atoms with E-state index in [0.29, 0.717) is 25.2 Å². The van der Waals surface area contributed by atoms with Crippen LogP contribution in [0.5, 0.6) is 5.75 Å². The number of likely N-dealkylation sites (tertiary alicyclic amines) is 1. The highest BCUT2D eigenvalue weighted by Gasteiger charge is 2.40. The van der Waals surface area contributed by atoms with Crippen LogP contribution in [-0.2, 0) is 11.4 Å². The summed E-state index contributed by atoms with van der Waals surface area (Å²) in [5, 5.41) is 9.42. The zero-order valence-corrected chi connectivity index (χ0v) is 13.7. The third kappa shape index (κ3) is 3.74. The molecule has 130 valence electrons. The molecule has 6 nitrogen and oxygen atoms in total. The molecular formula is C19H20N2O4. The Kier molecular flexibility index (Phi) is 4.88. The standard InChI is InChI=1S/C19H20N2O4/c20-18(22)17-11-10-16(21(17)19(23)24)14-6-8-15(9-7-14)25-12-13-4-2-1-3-5-13/h1-9,16-17H,10-12H2,(H2,20,22)(H,23,24)/t16-,17-/m0/s1. The van der Waals surface area contributed by atoms with Crippen LogP contribution in [0.1, 0.15) is 30.0 Å². The smallest absolute Gasteiger partial charge is 0.408 e. The largest absolute Gasteiger partial charge is 0.489 e. The van der Waals surface area contributed by atoms with E-state index in [1.54, 1.807) is 0 Å². The number of amides is 2. The Morgan fingerprint density at radius 1 is 1.08 bits per heavy atom. The molecule has 6 heteroatoms. The Balaban J connectivity index is 1.69. The Bertz CT molecular complexity index is 746. The van der Waals surface area contributed by atoms with E-state index in [9.17, 15) is 14.7 Å². The van der Waals surface area contributed by atoms with E-state index in [1.165, 1.54) is 0 Å². The lowest BCUT2D eigenvalue weighted by Gasteiger charge is -2.26. The highest BCUT2D eigenvalue weighted by atomic mass is 16.5. The van der Waals surface area contributed by atoms with Gasteiger partial charge in [-0.2, -0.15) is 0 Å². The maximum absolute atomic E-state index is 11.5. The molecule has 25 heavy (non-hydrogen) atoms. The first-order chi connectivity index (χ1) is 12.1. The van der Waals surface area contributed by atoms with Gasteiger partial charge in [-0.05, 0) is 36.1 Å². The van der Waals surface area contributed by atoms with Gasteiger partial charge >= 0.3 is 6.09 Å². The molecule has 1 aliphatic heterocycles. The molecule has 2 aromatic carbocycles.